The molecule has 0 aliphatic carbocycles. The van der Waals surface area contributed by atoms with E-state index in [9.17, 15) is 17.6 Å². The van der Waals surface area contributed by atoms with Gasteiger partial charge in [-0.25, -0.2) is 12.8 Å². The van der Waals surface area contributed by atoms with E-state index in [1.165, 1.54) is 20.2 Å². The zero-order valence-electron chi connectivity index (χ0n) is 13.5. The average Bonchev–Trinajstić information content (AvgIpc) is 2.54. The average molecular weight is 431 g/mol. The Morgan fingerprint density at radius 1 is 1.28 bits per heavy atom. The minimum Gasteiger partial charge on any atom is -0.495 e. The molecule has 2 rings (SSSR count). The Kier molecular flexibility index (Phi) is 6.15. The molecular formula is C16H16BrFN2O4S. The van der Waals surface area contributed by atoms with Crippen LogP contribution in [-0.4, -0.2) is 39.3 Å². The molecule has 0 saturated carbocycles. The fourth-order valence-corrected chi connectivity index (χ4v) is 3.76. The lowest BCUT2D eigenvalue weighted by molar-refractivity contribution is -0.116. The van der Waals surface area contributed by atoms with Crippen LogP contribution in [-0.2, 0) is 14.8 Å². The van der Waals surface area contributed by atoms with Gasteiger partial charge in [0.2, 0.25) is 15.9 Å². The fourth-order valence-electron chi connectivity index (χ4n) is 2.07. The van der Waals surface area contributed by atoms with Crippen LogP contribution >= 0.6 is 15.9 Å². The van der Waals surface area contributed by atoms with Crippen molar-refractivity contribution >= 4 is 37.5 Å². The van der Waals surface area contributed by atoms with Gasteiger partial charge in [-0.05, 0) is 36.4 Å². The second-order valence-corrected chi connectivity index (χ2v) is 8.04. The van der Waals surface area contributed by atoms with Gasteiger partial charge in [0.15, 0.2) is 0 Å². The van der Waals surface area contributed by atoms with E-state index in [0.29, 0.717) is 5.69 Å². The summed E-state index contributed by atoms with van der Waals surface area (Å²) >= 11 is 3.28. The van der Waals surface area contributed by atoms with Crippen LogP contribution in [0.15, 0.2) is 51.8 Å². The monoisotopic (exact) mass is 430 g/mol. The summed E-state index contributed by atoms with van der Waals surface area (Å²) in [4.78, 5) is 11.8. The number of benzene rings is 2. The third kappa shape index (κ3) is 4.77. The molecule has 6 nitrogen and oxygen atoms in total. The summed E-state index contributed by atoms with van der Waals surface area (Å²) in [5.74, 6) is -1.24. The molecule has 2 aromatic rings. The van der Waals surface area contributed by atoms with Gasteiger partial charge in [-0.1, -0.05) is 22.0 Å². The van der Waals surface area contributed by atoms with Gasteiger partial charge in [0, 0.05) is 17.2 Å². The second-order valence-electron chi connectivity index (χ2n) is 5.11. The first-order chi connectivity index (χ1) is 11.7. The SMILES string of the molecule is COc1ccc(F)cc1S(=O)(=O)N(C)CC(=O)Nc1cccc(Br)c1. The Morgan fingerprint density at radius 2 is 2.00 bits per heavy atom. The Balaban J connectivity index is 2.17. The Bertz CT molecular complexity index is 889. The first-order valence-electron chi connectivity index (χ1n) is 7.09. The Morgan fingerprint density at radius 3 is 2.64 bits per heavy atom. The number of sulfonamides is 1. The van der Waals surface area contributed by atoms with Gasteiger partial charge in [0.05, 0.1) is 13.7 Å². The van der Waals surface area contributed by atoms with Crippen molar-refractivity contribution in [2.45, 2.75) is 4.90 Å². The number of anilines is 1. The quantitative estimate of drug-likeness (QED) is 0.764. The maximum Gasteiger partial charge on any atom is 0.247 e. The smallest absolute Gasteiger partial charge is 0.247 e. The lowest BCUT2D eigenvalue weighted by Gasteiger charge is -2.18. The number of amides is 1. The van der Waals surface area contributed by atoms with E-state index >= 15 is 0 Å². The van der Waals surface area contributed by atoms with Crippen LogP contribution in [0.1, 0.15) is 0 Å². The van der Waals surface area contributed by atoms with Gasteiger partial charge in [-0.15, -0.1) is 0 Å². The summed E-state index contributed by atoms with van der Waals surface area (Å²) in [7, 11) is -1.58. The van der Waals surface area contributed by atoms with Crippen molar-refractivity contribution < 1.29 is 22.3 Å². The summed E-state index contributed by atoms with van der Waals surface area (Å²) < 4.78 is 45.2. The van der Waals surface area contributed by atoms with E-state index in [1.54, 1.807) is 24.3 Å². The molecule has 9 heteroatoms. The summed E-state index contributed by atoms with van der Waals surface area (Å²) in [5, 5.41) is 2.60. The van der Waals surface area contributed by atoms with Gasteiger partial charge in [0.25, 0.3) is 0 Å². The molecule has 0 fully saturated rings. The number of carbonyl (C=O) groups is 1. The second kappa shape index (κ2) is 7.94. The normalized spacial score (nSPS) is 11.4. The lowest BCUT2D eigenvalue weighted by Crippen LogP contribution is -2.35. The number of rotatable bonds is 6. The third-order valence-electron chi connectivity index (χ3n) is 3.29. The summed E-state index contributed by atoms with van der Waals surface area (Å²) in [6.07, 6.45) is 0. The van der Waals surface area contributed by atoms with E-state index in [4.69, 9.17) is 4.74 Å². The topological polar surface area (TPSA) is 75.7 Å². The minimum absolute atomic E-state index is 0.000600. The molecule has 0 aromatic heterocycles. The Labute approximate surface area is 153 Å². The highest BCUT2D eigenvalue weighted by molar-refractivity contribution is 9.10. The van der Waals surface area contributed by atoms with Crippen LogP contribution in [0.2, 0.25) is 0 Å². The predicted molar refractivity (Wildman–Crippen MR) is 95.5 cm³/mol. The molecule has 0 saturated heterocycles. The predicted octanol–water partition coefficient (Wildman–Crippen LogP) is 2.86. The van der Waals surface area contributed by atoms with E-state index in [2.05, 4.69) is 21.2 Å². The molecule has 0 aliphatic heterocycles. The maximum absolute atomic E-state index is 13.4. The van der Waals surface area contributed by atoms with E-state index in [1.807, 2.05) is 0 Å². The molecule has 0 heterocycles. The highest BCUT2D eigenvalue weighted by Crippen LogP contribution is 2.27. The molecular weight excluding hydrogens is 415 g/mol. The molecule has 25 heavy (non-hydrogen) atoms. The van der Waals surface area contributed by atoms with Crippen LogP contribution in [0.5, 0.6) is 5.75 Å². The molecule has 0 unspecified atom stereocenters. The summed E-state index contributed by atoms with van der Waals surface area (Å²) in [6.45, 7) is -0.436. The number of nitrogens with one attached hydrogen (secondary N) is 1. The van der Waals surface area contributed by atoms with Crippen LogP contribution in [0, 0.1) is 5.82 Å². The van der Waals surface area contributed by atoms with Gasteiger partial charge in [-0.3, -0.25) is 4.79 Å². The fraction of sp³-hybridized carbons (Fsp3) is 0.188. The minimum atomic E-state index is -4.10. The zero-order chi connectivity index (χ0) is 18.6. The van der Waals surface area contributed by atoms with Gasteiger partial charge in [0.1, 0.15) is 16.5 Å². The standard InChI is InChI=1S/C16H16BrFN2O4S/c1-20(10-16(21)19-13-5-3-4-11(17)8-13)25(22,23)15-9-12(18)6-7-14(15)24-2/h3-9H,10H2,1-2H3,(H,19,21). The molecule has 134 valence electrons. The number of likely N-dealkylation sites (N-methyl/N-ethyl adjacent to an activating group) is 1. The third-order valence-corrected chi connectivity index (χ3v) is 5.61. The Hall–Kier alpha value is -1.97. The number of nitrogens with zero attached hydrogens (tertiary/aromatic N) is 1. The number of methoxy groups -OCH3 is 1. The molecule has 0 radical (unpaired) electrons. The van der Waals surface area contributed by atoms with E-state index in [0.717, 1.165) is 20.9 Å². The van der Waals surface area contributed by atoms with Crippen molar-refractivity contribution in [1.29, 1.82) is 0 Å². The molecule has 0 atom stereocenters. The molecule has 0 bridgehead atoms. The van der Waals surface area contributed by atoms with Gasteiger partial charge < -0.3 is 10.1 Å². The molecule has 1 amide bonds. The highest BCUT2D eigenvalue weighted by Gasteiger charge is 2.27. The van der Waals surface area contributed by atoms with Crippen molar-refractivity contribution in [3.05, 3.63) is 52.8 Å². The van der Waals surface area contributed by atoms with Crippen LogP contribution < -0.4 is 10.1 Å². The van der Waals surface area contributed by atoms with Crippen LogP contribution in [0.25, 0.3) is 0 Å². The lowest BCUT2D eigenvalue weighted by atomic mass is 10.3. The van der Waals surface area contributed by atoms with Crippen molar-refractivity contribution in [3.8, 4) is 5.75 Å². The van der Waals surface area contributed by atoms with Crippen molar-refractivity contribution in [2.24, 2.45) is 0 Å². The number of carbonyl (C=O) groups excluding carboxylic acids is 1. The number of hydrogen-bond donors (Lipinski definition) is 1. The van der Waals surface area contributed by atoms with Gasteiger partial charge >= 0.3 is 0 Å². The molecule has 0 spiro atoms. The molecule has 2 aromatic carbocycles. The number of halogens is 2. The number of hydrogen-bond acceptors (Lipinski definition) is 4. The maximum atomic E-state index is 13.4. The van der Waals surface area contributed by atoms with Gasteiger partial charge in [-0.2, -0.15) is 4.31 Å². The summed E-state index contributed by atoms with van der Waals surface area (Å²) in [6, 6.07) is 10.1. The van der Waals surface area contributed by atoms with E-state index in [-0.39, 0.29) is 10.6 Å². The van der Waals surface area contributed by atoms with Crippen molar-refractivity contribution in [1.82, 2.24) is 4.31 Å². The van der Waals surface area contributed by atoms with Crippen molar-refractivity contribution in [3.63, 3.8) is 0 Å². The van der Waals surface area contributed by atoms with Crippen molar-refractivity contribution in [2.75, 3.05) is 26.0 Å². The zero-order valence-corrected chi connectivity index (χ0v) is 15.9. The first kappa shape index (κ1) is 19.4. The van der Waals surface area contributed by atoms with E-state index < -0.39 is 28.3 Å². The summed E-state index contributed by atoms with van der Waals surface area (Å²) in [5.41, 5.74) is 0.522. The molecule has 1 N–H and O–H groups in total. The number of ether oxygens (including phenoxy) is 1. The largest absolute Gasteiger partial charge is 0.495 e. The van der Waals surface area contributed by atoms with Crippen LogP contribution in [0.3, 0.4) is 0 Å². The highest BCUT2D eigenvalue weighted by atomic mass is 79.9. The van der Waals surface area contributed by atoms with Crippen LogP contribution in [0.4, 0.5) is 10.1 Å². The first-order valence-corrected chi connectivity index (χ1v) is 9.32. The molecule has 0 aliphatic rings.